The Morgan fingerprint density at radius 3 is 2.61 bits per heavy atom. The molecule has 164 valence electrons. The molecule has 6 nitrogen and oxygen atoms in total. The minimum absolute atomic E-state index is 0.0134. The van der Waals surface area contributed by atoms with E-state index >= 15 is 0 Å². The number of fused-ring (bicyclic) bond motifs is 1. The van der Waals surface area contributed by atoms with Crippen LogP contribution in [-0.4, -0.2) is 34.0 Å². The maximum atomic E-state index is 14.5. The van der Waals surface area contributed by atoms with E-state index in [1.807, 2.05) is 6.92 Å². The van der Waals surface area contributed by atoms with Crippen molar-refractivity contribution < 1.29 is 24.1 Å². The Bertz CT molecular complexity index is 1190. The summed E-state index contributed by atoms with van der Waals surface area (Å²) in [5.41, 5.74) is 0.239. The quantitative estimate of drug-likeness (QED) is 0.533. The highest BCUT2D eigenvalue weighted by Crippen LogP contribution is 2.31. The number of ether oxygens (including phenoxy) is 1. The molecular weight excluding hydrogens is 425 g/mol. The van der Waals surface area contributed by atoms with Gasteiger partial charge in [-0.1, -0.05) is 30.7 Å². The Morgan fingerprint density at radius 1 is 1.26 bits per heavy atom. The molecule has 0 aliphatic heterocycles. The first kappa shape index (κ1) is 22.8. The molecule has 31 heavy (non-hydrogen) atoms. The standard InChI is InChI=1S/C23H23ClFNO5/c1-3-15(12-27)26-11-17(23(29)30)22(28)16-9-14(20(31-4-2)10-19(16)26)8-13-6-5-7-18(24)21(13)25/h5-7,9-11,15,27H,3-4,8,12H2,1-2H3,(H,29,30). The van der Waals surface area contributed by atoms with Gasteiger partial charge in [0.1, 0.15) is 17.1 Å². The molecule has 3 aromatic rings. The number of carboxylic acids is 1. The van der Waals surface area contributed by atoms with Crippen molar-refractivity contribution in [3.05, 3.63) is 74.3 Å². The van der Waals surface area contributed by atoms with Crippen molar-refractivity contribution in [1.82, 2.24) is 4.57 Å². The van der Waals surface area contributed by atoms with Gasteiger partial charge < -0.3 is 19.5 Å². The first-order chi connectivity index (χ1) is 14.8. The lowest BCUT2D eigenvalue weighted by Crippen LogP contribution is -2.22. The van der Waals surface area contributed by atoms with Crippen LogP contribution in [-0.2, 0) is 6.42 Å². The molecule has 0 spiro atoms. The van der Waals surface area contributed by atoms with Crippen LogP contribution in [0, 0.1) is 5.82 Å². The Balaban J connectivity index is 2.32. The lowest BCUT2D eigenvalue weighted by atomic mass is 9.99. The maximum absolute atomic E-state index is 14.5. The number of halogens is 2. The second kappa shape index (κ2) is 9.49. The van der Waals surface area contributed by atoms with Gasteiger partial charge in [-0.2, -0.15) is 0 Å². The fourth-order valence-electron chi connectivity index (χ4n) is 3.61. The number of carbonyl (C=O) groups is 1. The lowest BCUT2D eigenvalue weighted by Gasteiger charge is -2.22. The van der Waals surface area contributed by atoms with Crippen molar-refractivity contribution in [2.45, 2.75) is 32.7 Å². The average Bonchev–Trinajstić information content (AvgIpc) is 2.74. The van der Waals surface area contributed by atoms with Gasteiger partial charge in [0.15, 0.2) is 0 Å². The van der Waals surface area contributed by atoms with Crippen LogP contribution in [0.4, 0.5) is 4.39 Å². The molecule has 0 saturated carbocycles. The highest BCUT2D eigenvalue weighted by molar-refractivity contribution is 6.30. The molecule has 1 atom stereocenters. The Hall–Kier alpha value is -2.90. The summed E-state index contributed by atoms with van der Waals surface area (Å²) in [7, 11) is 0. The smallest absolute Gasteiger partial charge is 0.341 e. The molecular formula is C23H23ClFNO5. The highest BCUT2D eigenvalue weighted by Gasteiger charge is 2.21. The fourth-order valence-corrected chi connectivity index (χ4v) is 3.80. The second-order valence-electron chi connectivity index (χ2n) is 7.13. The van der Waals surface area contributed by atoms with Crippen molar-refractivity contribution in [3.63, 3.8) is 0 Å². The largest absolute Gasteiger partial charge is 0.494 e. The van der Waals surface area contributed by atoms with E-state index in [9.17, 15) is 24.2 Å². The summed E-state index contributed by atoms with van der Waals surface area (Å²) in [6, 6.07) is 7.42. The molecule has 0 radical (unpaired) electrons. The molecule has 2 aromatic carbocycles. The van der Waals surface area contributed by atoms with Crippen LogP contribution >= 0.6 is 11.6 Å². The van der Waals surface area contributed by atoms with Gasteiger partial charge in [-0.3, -0.25) is 4.79 Å². The zero-order valence-corrected chi connectivity index (χ0v) is 17.9. The van der Waals surface area contributed by atoms with Crippen molar-refractivity contribution in [1.29, 1.82) is 0 Å². The normalized spacial score (nSPS) is 12.2. The lowest BCUT2D eigenvalue weighted by molar-refractivity contribution is 0.0694. The zero-order chi connectivity index (χ0) is 22.7. The molecule has 8 heteroatoms. The SMILES string of the molecule is CCOc1cc2c(cc1Cc1cccc(Cl)c1F)c(=O)c(C(=O)O)cn2C(CC)CO. The monoisotopic (exact) mass is 447 g/mol. The second-order valence-corrected chi connectivity index (χ2v) is 7.54. The third-order valence-corrected chi connectivity index (χ3v) is 5.52. The molecule has 0 bridgehead atoms. The number of pyridine rings is 1. The molecule has 1 unspecified atom stereocenters. The van der Waals surface area contributed by atoms with E-state index in [2.05, 4.69) is 0 Å². The van der Waals surface area contributed by atoms with Gasteiger partial charge in [0.05, 0.1) is 29.8 Å². The van der Waals surface area contributed by atoms with Crippen molar-refractivity contribution in [3.8, 4) is 5.75 Å². The number of hydrogen-bond acceptors (Lipinski definition) is 4. The number of carboxylic acid groups (broad SMARTS) is 1. The van der Waals surface area contributed by atoms with Crippen molar-refractivity contribution in [2.24, 2.45) is 0 Å². The number of hydrogen-bond donors (Lipinski definition) is 2. The van der Waals surface area contributed by atoms with E-state index in [-0.39, 0.29) is 23.4 Å². The Kier molecular flexibility index (Phi) is 6.97. The topological polar surface area (TPSA) is 88.8 Å². The van der Waals surface area contributed by atoms with Gasteiger partial charge in [0, 0.05) is 24.1 Å². The highest BCUT2D eigenvalue weighted by atomic mass is 35.5. The number of aliphatic hydroxyl groups excluding tert-OH is 1. The summed E-state index contributed by atoms with van der Waals surface area (Å²) in [6.07, 6.45) is 1.88. The summed E-state index contributed by atoms with van der Waals surface area (Å²) >= 11 is 5.90. The molecule has 2 N–H and O–H groups in total. The zero-order valence-electron chi connectivity index (χ0n) is 17.2. The van der Waals surface area contributed by atoms with Crippen molar-refractivity contribution >= 4 is 28.5 Å². The van der Waals surface area contributed by atoms with E-state index in [1.54, 1.807) is 29.7 Å². The fraction of sp³-hybridized carbons (Fsp3) is 0.304. The molecule has 1 aromatic heterocycles. The molecule has 0 saturated heterocycles. The van der Waals surface area contributed by atoms with Gasteiger partial charge in [-0.25, -0.2) is 9.18 Å². The summed E-state index contributed by atoms with van der Waals surface area (Å²) in [5.74, 6) is -1.47. The summed E-state index contributed by atoms with van der Waals surface area (Å²) in [4.78, 5) is 24.6. The van der Waals surface area contributed by atoms with Gasteiger partial charge in [-0.15, -0.1) is 0 Å². The third kappa shape index (κ3) is 4.43. The number of nitrogens with zero attached hydrogens (tertiary/aromatic N) is 1. The van der Waals surface area contributed by atoms with Crippen LogP contribution in [0.3, 0.4) is 0 Å². The van der Waals surface area contributed by atoms with Crippen LogP contribution in [0.1, 0.15) is 47.8 Å². The molecule has 3 rings (SSSR count). The summed E-state index contributed by atoms with van der Waals surface area (Å²) in [6.45, 7) is 3.76. The molecule has 0 aliphatic rings. The van der Waals surface area contributed by atoms with Gasteiger partial charge in [0.2, 0.25) is 5.43 Å². The summed E-state index contributed by atoms with van der Waals surface area (Å²) < 4.78 is 21.8. The van der Waals surface area contributed by atoms with E-state index in [0.29, 0.717) is 35.4 Å². The Morgan fingerprint density at radius 2 is 2.00 bits per heavy atom. The minimum Gasteiger partial charge on any atom is -0.494 e. The van der Waals surface area contributed by atoms with E-state index < -0.39 is 28.8 Å². The van der Waals surface area contributed by atoms with Gasteiger partial charge >= 0.3 is 5.97 Å². The van der Waals surface area contributed by atoms with E-state index in [1.165, 1.54) is 18.3 Å². The van der Waals surface area contributed by atoms with E-state index in [0.717, 1.165) is 0 Å². The molecule has 0 aliphatic carbocycles. The number of benzene rings is 2. The van der Waals surface area contributed by atoms with Crippen molar-refractivity contribution in [2.75, 3.05) is 13.2 Å². The predicted octanol–water partition coefficient (Wildman–Crippen LogP) is 4.43. The van der Waals surface area contributed by atoms with Gasteiger partial charge in [0.25, 0.3) is 0 Å². The summed E-state index contributed by atoms with van der Waals surface area (Å²) in [5, 5.41) is 19.5. The molecule has 0 amide bonds. The molecule has 1 heterocycles. The van der Waals surface area contributed by atoms with Crippen LogP contribution in [0.5, 0.6) is 5.75 Å². The van der Waals surface area contributed by atoms with E-state index in [4.69, 9.17) is 16.3 Å². The van der Waals surface area contributed by atoms with Gasteiger partial charge in [-0.05, 0) is 36.6 Å². The Labute approximate surface area is 183 Å². The first-order valence-corrected chi connectivity index (χ1v) is 10.3. The first-order valence-electron chi connectivity index (χ1n) is 9.93. The number of aromatic carboxylic acids is 1. The van der Waals surface area contributed by atoms with Crippen LogP contribution in [0.2, 0.25) is 5.02 Å². The number of aromatic nitrogens is 1. The predicted molar refractivity (Wildman–Crippen MR) is 117 cm³/mol. The average molecular weight is 448 g/mol. The minimum atomic E-state index is -1.36. The number of aliphatic hydroxyl groups is 1. The van der Waals surface area contributed by atoms with Crippen LogP contribution in [0.25, 0.3) is 10.9 Å². The molecule has 0 fully saturated rings. The number of rotatable bonds is 8. The van der Waals surface area contributed by atoms with Crippen LogP contribution < -0.4 is 10.2 Å². The third-order valence-electron chi connectivity index (χ3n) is 5.23. The maximum Gasteiger partial charge on any atom is 0.341 e. The van der Waals surface area contributed by atoms with Crippen LogP contribution in [0.15, 0.2) is 41.3 Å².